The molecule has 6 heteroatoms. The Balaban J connectivity index is 2.31. The smallest absolute Gasteiger partial charge is 0.363 e. The molecule has 0 amide bonds. The van der Waals surface area contributed by atoms with Crippen molar-refractivity contribution < 1.29 is 19.1 Å². The molecule has 1 aromatic heterocycles. The fourth-order valence-electron chi connectivity index (χ4n) is 1.61. The van der Waals surface area contributed by atoms with E-state index in [0.29, 0.717) is 11.3 Å². The summed E-state index contributed by atoms with van der Waals surface area (Å²) in [6, 6.07) is 4.71. The summed E-state index contributed by atoms with van der Waals surface area (Å²) in [4.78, 5) is 27.6. The monoisotopic (exact) mass is 291 g/mol. The largest absolute Gasteiger partial charge is 0.497 e. The van der Waals surface area contributed by atoms with Crippen molar-refractivity contribution in [2.75, 3.05) is 7.11 Å². The third kappa shape index (κ3) is 3.03. The lowest BCUT2D eigenvalue weighted by molar-refractivity contribution is 0.0727. The Morgan fingerprint density at radius 1 is 1.30 bits per heavy atom. The van der Waals surface area contributed by atoms with Crippen LogP contribution in [-0.4, -0.2) is 23.8 Å². The standard InChI is InChI=1S/C14H13NO4S/c1-8(16)11-5-4-10(18-3)6-13(11)19-14(17)12-7-20-9(2)15-12/h4-7H,1-3H3. The number of ketones is 1. The maximum absolute atomic E-state index is 12.0. The fraction of sp³-hybridized carbons (Fsp3) is 0.214. The average molecular weight is 291 g/mol. The van der Waals surface area contributed by atoms with E-state index >= 15 is 0 Å². The van der Waals surface area contributed by atoms with Gasteiger partial charge in [0.05, 0.1) is 17.7 Å². The number of Topliss-reactive ketones (excluding diaryl/α,β-unsaturated/α-hetero) is 1. The van der Waals surface area contributed by atoms with E-state index in [2.05, 4.69) is 4.98 Å². The van der Waals surface area contributed by atoms with Crippen LogP contribution in [0.25, 0.3) is 0 Å². The molecule has 2 rings (SSSR count). The molecule has 1 heterocycles. The third-order valence-corrected chi connectivity index (χ3v) is 3.37. The Morgan fingerprint density at radius 2 is 2.05 bits per heavy atom. The van der Waals surface area contributed by atoms with Crippen LogP contribution in [0.4, 0.5) is 0 Å². The second-order valence-corrected chi connectivity index (χ2v) is 5.12. The summed E-state index contributed by atoms with van der Waals surface area (Å²) in [5.41, 5.74) is 0.552. The molecule has 0 fully saturated rings. The van der Waals surface area contributed by atoms with Gasteiger partial charge in [0.25, 0.3) is 0 Å². The number of aromatic nitrogens is 1. The van der Waals surface area contributed by atoms with Gasteiger partial charge in [-0.25, -0.2) is 9.78 Å². The van der Waals surface area contributed by atoms with Crippen molar-refractivity contribution in [2.24, 2.45) is 0 Å². The second-order valence-electron chi connectivity index (χ2n) is 4.06. The number of ether oxygens (including phenoxy) is 2. The second kappa shape index (κ2) is 5.83. The molecule has 0 saturated heterocycles. The number of carbonyl (C=O) groups excluding carboxylic acids is 2. The number of benzene rings is 1. The molecule has 0 aliphatic rings. The fourth-order valence-corrected chi connectivity index (χ4v) is 2.20. The van der Waals surface area contributed by atoms with E-state index in [-0.39, 0.29) is 17.2 Å². The number of carbonyl (C=O) groups is 2. The molecule has 0 aliphatic heterocycles. The Bertz CT molecular complexity index is 663. The average Bonchev–Trinajstić information content (AvgIpc) is 2.85. The Hall–Kier alpha value is -2.21. The van der Waals surface area contributed by atoms with Crippen LogP contribution in [-0.2, 0) is 0 Å². The van der Waals surface area contributed by atoms with Crippen LogP contribution < -0.4 is 9.47 Å². The number of hydrogen-bond donors (Lipinski definition) is 0. The van der Waals surface area contributed by atoms with Gasteiger partial charge in [-0.3, -0.25) is 4.79 Å². The molecular weight excluding hydrogens is 278 g/mol. The summed E-state index contributed by atoms with van der Waals surface area (Å²) in [7, 11) is 1.50. The molecule has 2 aromatic rings. The highest BCUT2D eigenvalue weighted by atomic mass is 32.1. The molecule has 0 spiro atoms. The molecule has 5 nitrogen and oxygen atoms in total. The predicted octanol–water partition coefficient (Wildman–Crippen LogP) is 2.88. The summed E-state index contributed by atoms with van der Waals surface area (Å²) in [6.45, 7) is 3.21. The first kappa shape index (κ1) is 14.2. The molecule has 0 atom stereocenters. The zero-order valence-corrected chi connectivity index (χ0v) is 12.1. The minimum absolute atomic E-state index is 0.174. The topological polar surface area (TPSA) is 65.5 Å². The Kier molecular flexibility index (Phi) is 4.14. The van der Waals surface area contributed by atoms with Gasteiger partial charge in [-0.05, 0) is 26.0 Å². The van der Waals surface area contributed by atoms with Crippen LogP contribution in [0.1, 0.15) is 32.8 Å². The lowest BCUT2D eigenvalue weighted by atomic mass is 10.1. The van der Waals surface area contributed by atoms with Crippen LogP contribution in [0, 0.1) is 6.92 Å². The number of hydrogen-bond acceptors (Lipinski definition) is 6. The molecule has 0 N–H and O–H groups in total. The molecule has 0 saturated carbocycles. The van der Waals surface area contributed by atoms with Crippen LogP contribution in [0.15, 0.2) is 23.6 Å². The van der Waals surface area contributed by atoms with E-state index in [4.69, 9.17) is 9.47 Å². The zero-order chi connectivity index (χ0) is 14.7. The van der Waals surface area contributed by atoms with Gasteiger partial charge in [0.15, 0.2) is 11.5 Å². The van der Waals surface area contributed by atoms with Crippen LogP contribution in [0.5, 0.6) is 11.5 Å². The maximum atomic E-state index is 12.0. The molecular formula is C14H13NO4S. The maximum Gasteiger partial charge on any atom is 0.363 e. The molecule has 0 radical (unpaired) electrons. The van der Waals surface area contributed by atoms with Crippen LogP contribution in [0.2, 0.25) is 0 Å². The first-order valence-corrected chi connectivity index (χ1v) is 6.72. The van der Waals surface area contributed by atoms with Gasteiger partial charge in [-0.2, -0.15) is 0 Å². The lowest BCUT2D eigenvalue weighted by Crippen LogP contribution is -2.11. The Labute approximate surface area is 120 Å². The lowest BCUT2D eigenvalue weighted by Gasteiger charge is -2.09. The van der Waals surface area contributed by atoms with Gasteiger partial charge in [-0.1, -0.05) is 0 Å². The van der Waals surface area contributed by atoms with Gasteiger partial charge in [-0.15, -0.1) is 11.3 Å². The number of aryl methyl sites for hydroxylation is 1. The van der Waals surface area contributed by atoms with Crippen LogP contribution in [0.3, 0.4) is 0 Å². The quantitative estimate of drug-likeness (QED) is 0.492. The molecule has 1 aromatic carbocycles. The first-order chi connectivity index (χ1) is 9.51. The number of methoxy groups -OCH3 is 1. The highest BCUT2D eigenvalue weighted by molar-refractivity contribution is 7.09. The van der Waals surface area contributed by atoms with E-state index in [1.165, 1.54) is 31.4 Å². The van der Waals surface area contributed by atoms with Gasteiger partial charge in [0.1, 0.15) is 11.5 Å². The van der Waals surface area contributed by atoms with E-state index in [1.807, 2.05) is 0 Å². The summed E-state index contributed by atoms with van der Waals surface area (Å²) in [6.07, 6.45) is 0. The number of esters is 1. The number of thiazole rings is 1. The normalized spacial score (nSPS) is 10.2. The van der Waals surface area contributed by atoms with Crippen molar-refractivity contribution in [2.45, 2.75) is 13.8 Å². The number of nitrogens with zero attached hydrogens (tertiary/aromatic N) is 1. The van der Waals surface area contributed by atoms with E-state index in [0.717, 1.165) is 5.01 Å². The van der Waals surface area contributed by atoms with Gasteiger partial charge in [0.2, 0.25) is 0 Å². The molecule has 0 aliphatic carbocycles. The summed E-state index contributed by atoms with van der Waals surface area (Å²) < 4.78 is 10.3. The minimum atomic E-state index is -0.592. The predicted molar refractivity (Wildman–Crippen MR) is 74.8 cm³/mol. The first-order valence-electron chi connectivity index (χ1n) is 5.84. The van der Waals surface area contributed by atoms with E-state index in [1.54, 1.807) is 24.4 Å². The minimum Gasteiger partial charge on any atom is -0.497 e. The molecule has 0 unspecified atom stereocenters. The highest BCUT2D eigenvalue weighted by Crippen LogP contribution is 2.26. The summed E-state index contributed by atoms with van der Waals surface area (Å²) in [5.74, 6) is -0.102. The van der Waals surface area contributed by atoms with Gasteiger partial charge in [0, 0.05) is 11.4 Å². The van der Waals surface area contributed by atoms with Gasteiger partial charge < -0.3 is 9.47 Å². The third-order valence-electron chi connectivity index (χ3n) is 2.60. The summed E-state index contributed by atoms with van der Waals surface area (Å²) in [5, 5.41) is 2.39. The van der Waals surface area contributed by atoms with Crippen molar-refractivity contribution in [1.82, 2.24) is 4.98 Å². The van der Waals surface area contributed by atoms with Crippen molar-refractivity contribution in [3.63, 3.8) is 0 Å². The molecule has 0 bridgehead atoms. The van der Waals surface area contributed by atoms with Crippen molar-refractivity contribution >= 4 is 23.1 Å². The van der Waals surface area contributed by atoms with E-state index < -0.39 is 5.97 Å². The van der Waals surface area contributed by atoms with Crippen molar-refractivity contribution in [1.29, 1.82) is 0 Å². The molecule has 104 valence electrons. The summed E-state index contributed by atoms with van der Waals surface area (Å²) >= 11 is 1.36. The van der Waals surface area contributed by atoms with Crippen molar-refractivity contribution in [3.8, 4) is 11.5 Å². The van der Waals surface area contributed by atoms with E-state index in [9.17, 15) is 9.59 Å². The highest BCUT2D eigenvalue weighted by Gasteiger charge is 2.17. The van der Waals surface area contributed by atoms with Crippen LogP contribution >= 0.6 is 11.3 Å². The zero-order valence-electron chi connectivity index (χ0n) is 11.3. The van der Waals surface area contributed by atoms with Crippen molar-refractivity contribution in [3.05, 3.63) is 39.8 Å². The number of rotatable bonds is 4. The Morgan fingerprint density at radius 3 is 2.60 bits per heavy atom. The van der Waals surface area contributed by atoms with Gasteiger partial charge >= 0.3 is 5.97 Å². The molecule has 20 heavy (non-hydrogen) atoms. The SMILES string of the molecule is COc1ccc(C(C)=O)c(OC(=O)c2csc(C)n2)c1.